The second-order valence-corrected chi connectivity index (χ2v) is 5.07. The highest BCUT2D eigenvalue weighted by Gasteiger charge is 2.28. The van der Waals surface area contributed by atoms with Crippen LogP contribution in [0.2, 0.25) is 0 Å². The number of nitrogens with zero attached hydrogens (tertiary/aromatic N) is 3. The van der Waals surface area contributed by atoms with Gasteiger partial charge in [0.15, 0.2) is 0 Å². The molecule has 1 aromatic rings. The van der Waals surface area contributed by atoms with Crippen molar-refractivity contribution in [3.8, 4) is 0 Å². The van der Waals surface area contributed by atoms with Crippen LogP contribution in [0.1, 0.15) is 48.4 Å². The highest BCUT2D eigenvalue weighted by atomic mass is 16.4. The Morgan fingerprint density at radius 3 is 2.95 bits per heavy atom. The van der Waals surface area contributed by atoms with E-state index in [1.165, 1.54) is 0 Å². The van der Waals surface area contributed by atoms with Crippen LogP contribution in [0.4, 0.5) is 0 Å². The summed E-state index contributed by atoms with van der Waals surface area (Å²) >= 11 is 0. The standard InChI is InChI=1S/C14H19N3O3/c1-10-15-8-7-12(16-10)14(20)17-9-3-2-4-11(17)5-6-13(18)19/h7-8,11H,2-6,9H2,1H3,(H,18,19). The Kier molecular flexibility index (Phi) is 4.65. The Morgan fingerprint density at radius 2 is 2.25 bits per heavy atom. The fraction of sp³-hybridized carbons (Fsp3) is 0.571. The molecule has 6 heteroatoms. The third kappa shape index (κ3) is 3.53. The number of hydrogen-bond donors (Lipinski definition) is 1. The van der Waals surface area contributed by atoms with Crippen molar-refractivity contribution < 1.29 is 14.7 Å². The van der Waals surface area contributed by atoms with Gasteiger partial charge in [0.05, 0.1) is 0 Å². The molecule has 0 radical (unpaired) electrons. The van der Waals surface area contributed by atoms with Gasteiger partial charge in [0, 0.05) is 25.2 Å². The molecule has 1 amide bonds. The largest absolute Gasteiger partial charge is 0.481 e. The van der Waals surface area contributed by atoms with Gasteiger partial charge in [-0.05, 0) is 38.7 Å². The molecule has 108 valence electrons. The Labute approximate surface area is 117 Å². The molecule has 0 bridgehead atoms. The van der Waals surface area contributed by atoms with Crippen molar-refractivity contribution in [3.05, 3.63) is 23.8 Å². The highest BCUT2D eigenvalue weighted by molar-refractivity contribution is 5.92. The smallest absolute Gasteiger partial charge is 0.303 e. The van der Waals surface area contributed by atoms with Gasteiger partial charge in [-0.3, -0.25) is 9.59 Å². The van der Waals surface area contributed by atoms with E-state index in [4.69, 9.17) is 5.11 Å². The molecule has 1 aliphatic rings. The summed E-state index contributed by atoms with van der Waals surface area (Å²) in [4.78, 5) is 33.1. The van der Waals surface area contributed by atoms with Gasteiger partial charge in [-0.1, -0.05) is 0 Å². The molecule has 2 rings (SSSR count). The number of piperidine rings is 1. The van der Waals surface area contributed by atoms with E-state index in [0.717, 1.165) is 19.3 Å². The summed E-state index contributed by atoms with van der Waals surface area (Å²) in [6.45, 7) is 2.42. The van der Waals surface area contributed by atoms with E-state index in [2.05, 4.69) is 9.97 Å². The number of rotatable bonds is 4. The van der Waals surface area contributed by atoms with Crippen LogP contribution < -0.4 is 0 Å². The lowest BCUT2D eigenvalue weighted by atomic mass is 9.97. The maximum atomic E-state index is 12.5. The molecule has 0 spiro atoms. The summed E-state index contributed by atoms with van der Waals surface area (Å²) in [6, 6.07) is 1.61. The van der Waals surface area contributed by atoms with Crippen LogP contribution in [-0.2, 0) is 4.79 Å². The predicted molar refractivity (Wildman–Crippen MR) is 72.3 cm³/mol. The number of carboxylic acid groups (broad SMARTS) is 1. The molecule has 1 fully saturated rings. The van der Waals surface area contributed by atoms with Crippen molar-refractivity contribution in [2.75, 3.05) is 6.54 Å². The molecule has 0 aromatic carbocycles. The molecule has 2 heterocycles. The van der Waals surface area contributed by atoms with E-state index in [1.807, 2.05) is 0 Å². The first-order valence-corrected chi connectivity index (χ1v) is 6.90. The van der Waals surface area contributed by atoms with Crippen molar-refractivity contribution in [1.82, 2.24) is 14.9 Å². The molecular weight excluding hydrogens is 258 g/mol. The van der Waals surface area contributed by atoms with Crippen molar-refractivity contribution in [3.63, 3.8) is 0 Å². The van der Waals surface area contributed by atoms with Crippen molar-refractivity contribution in [1.29, 1.82) is 0 Å². The number of likely N-dealkylation sites (tertiary alicyclic amines) is 1. The summed E-state index contributed by atoms with van der Waals surface area (Å²) in [5.74, 6) is -0.374. The van der Waals surface area contributed by atoms with E-state index >= 15 is 0 Å². The molecule has 20 heavy (non-hydrogen) atoms. The summed E-state index contributed by atoms with van der Waals surface area (Å²) in [6.07, 6.45) is 5.04. The van der Waals surface area contributed by atoms with E-state index in [0.29, 0.717) is 24.5 Å². The normalized spacial score (nSPS) is 18.9. The summed E-state index contributed by atoms with van der Waals surface area (Å²) in [5.41, 5.74) is 0.389. The molecule has 1 aromatic heterocycles. The fourth-order valence-corrected chi connectivity index (χ4v) is 2.58. The lowest BCUT2D eigenvalue weighted by molar-refractivity contribution is -0.137. The van der Waals surface area contributed by atoms with Crippen LogP contribution >= 0.6 is 0 Å². The number of hydrogen-bond acceptors (Lipinski definition) is 4. The summed E-state index contributed by atoms with van der Waals surface area (Å²) < 4.78 is 0. The third-order valence-corrected chi connectivity index (χ3v) is 3.57. The topological polar surface area (TPSA) is 83.4 Å². The van der Waals surface area contributed by atoms with Gasteiger partial charge in [-0.2, -0.15) is 0 Å². The van der Waals surface area contributed by atoms with Gasteiger partial charge in [0.25, 0.3) is 5.91 Å². The lowest BCUT2D eigenvalue weighted by Crippen LogP contribution is -2.44. The average molecular weight is 277 g/mol. The number of aliphatic carboxylic acids is 1. The van der Waals surface area contributed by atoms with Crippen LogP contribution in [0.25, 0.3) is 0 Å². The number of carboxylic acids is 1. The first kappa shape index (κ1) is 14.4. The number of aryl methyl sites for hydroxylation is 1. The second-order valence-electron chi connectivity index (χ2n) is 5.07. The van der Waals surface area contributed by atoms with Gasteiger partial charge in [0.2, 0.25) is 0 Å². The Morgan fingerprint density at radius 1 is 1.45 bits per heavy atom. The number of carbonyl (C=O) groups is 2. The Balaban J connectivity index is 2.10. The Bertz CT molecular complexity index is 504. The minimum Gasteiger partial charge on any atom is -0.481 e. The second kappa shape index (κ2) is 6.45. The van der Waals surface area contributed by atoms with E-state index in [1.54, 1.807) is 24.1 Å². The van der Waals surface area contributed by atoms with Gasteiger partial charge >= 0.3 is 5.97 Å². The molecule has 0 saturated carbocycles. The molecule has 1 unspecified atom stereocenters. The number of carbonyl (C=O) groups excluding carboxylic acids is 1. The first-order chi connectivity index (χ1) is 9.58. The maximum absolute atomic E-state index is 12.5. The molecule has 0 aliphatic carbocycles. The van der Waals surface area contributed by atoms with Crippen molar-refractivity contribution in [2.24, 2.45) is 0 Å². The zero-order chi connectivity index (χ0) is 14.5. The van der Waals surface area contributed by atoms with Gasteiger partial charge in [0.1, 0.15) is 11.5 Å². The van der Waals surface area contributed by atoms with E-state index in [-0.39, 0.29) is 18.4 Å². The molecule has 1 N–H and O–H groups in total. The molecule has 6 nitrogen and oxygen atoms in total. The minimum atomic E-state index is -0.819. The molecule has 1 atom stereocenters. The minimum absolute atomic E-state index is 0.00243. The highest BCUT2D eigenvalue weighted by Crippen LogP contribution is 2.22. The number of amides is 1. The van der Waals surface area contributed by atoms with Gasteiger partial charge < -0.3 is 10.0 Å². The SMILES string of the molecule is Cc1nccc(C(=O)N2CCCCC2CCC(=O)O)n1. The predicted octanol–water partition coefficient (Wildman–Crippen LogP) is 1.64. The first-order valence-electron chi connectivity index (χ1n) is 6.90. The maximum Gasteiger partial charge on any atom is 0.303 e. The average Bonchev–Trinajstić information content (AvgIpc) is 2.44. The van der Waals surface area contributed by atoms with E-state index < -0.39 is 5.97 Å². The zero-order valence-electron chi connectivity index (χ0n) is 11.6. The fourth-order valence-electron chi connectivity index (χ4n) is 2.58. The monoisotopic (exact) mass is 277 g/mol. The molecular formula is C14H19N3O3. The summed E-state index contributed by atoms with van der Waals surface area (Å²) in [5, 5.41) is 8.80. The van der Waals surface area contributed by atoms with Gasteiger partial charge in [-0.25, -0.2) is 9.97 Å². The van der Waals surface area contributed by atoms with E-state index in [9.17, 15) is 9.59 Å². The summed E-state index contributed by atoms with van der Waals surface area (Å²) in [7, 11) is 0. The van der Waals surface area contributed by atoms with Crippen LogP contribution in [0.5, 0.6) is 0 Å². The quantitative estimate of drug-likeness (QED) is 0.904. The van der Waals surface area contributed by atoms with Crippen LogP contribution in [0, 0.1) is 6.92 Å². The molecule has 1 aliphatic heterocycles. The third-order valence-electron chi connectivity index (χ3n) is 3.57. The van der Waals surface area contributed by atoms with Crippen molar-refractivity contribution >= 4 is 11.9 Å². The zero-order valence-corrected chi connectivity index (χ0v) is 11.6. The Hall–Kier alpha value is -1.98. The van der Waals surface area contributed by atoms with Crippen LogP contribution in [-0.4, -0.2) is 44.4 Å². The van der Waals surface area contributed by atoms with Crippen LogP contribution in [0.3, 0.4) is 0 Å². The molecule has 1 saturated heterocycles. The van der Waals surface area contributed by atoms with Crippen molar-refractivity contribution in [2.45, 2.75) is 45.1 Å². The lowest BCUT2D eigenvalue weighted by Gasteiger charge is -2.35. The van der Waals surface area contributed by atoms with Gasteiger partial charge in [-0.15, -0.1) is 0 Å². The van der Waals surface area contributed by atoms with Crippen LogP contribution in [0.15, 0.2) is 12.3 Å². The number of aromatic nitrogens is 2.